The molecule has 0 fully saturated rings. The number of hydrogen-bond donors (Lipinski definition) is 0. The van der Waals surface area contributed by atoms with Crippen molar-refractivity contribution in [2.24, 2.45) is 0 Å². The highest BCUT2D eigenvalue weighted by atomic mass is 16.5. The molecule has 0 amide bonds. The van der Waals surface area contributed by atoms with Crippen molar-refractivity contribution < 1.29 is 4.74 Å². The Labute approximate surface area is 149 Å². The fourth-order valence-electron chi connectivity index (χ4n) is 4.27. The van der Waals surface area contributed by atoms with Crippen LogP contribution < -0.4 is 15.7 Å². The molecule has 1 aliphatic rings. The summed E-state index contributed by atoms with van der Waals surface area (Å²) in [5.41, 5.74) is 3.88. The Morgan fingerprint density at radius 2 is 1.92 bits per heavy atom. The third kappa shape index (κ3) is 1.80. The number of ether oxygens (including phenoxy) is 1. The molecule has 5 rings (SSSR count). The van der Waals surface area contributed by atoms with Crippen LogP contribution >= 0.6 is 0 Å². The second kappa shape index (κ2) is 5.21. The van der Waals surface area contributed by atoms with Crippen LogP contribution in [0.4, 0.5) is 0 Å². The average Bonchev–Trinajstić information content (AvgIpc) is 2.67. The molecule has 3 heterocycles. The Kier molecular flexibility index (Phi) is 3.04. The van der Waals surface area contributed by atoms with Gasteiger partial charge < -0.3 is 9.30 Å². The first kappa shape index (κ1) is 15.2. The standard InChI is InChI=1S/C21H18N2O3/c1-12-5-3-6-15-18(12)23-20-16(19(15)24)7-4-10-22(20)17-11-13(26-2)8-9-14(17)21(23)25/h3,5-6,8-9,11H,4,7,10H2,1-2H3. The monoisotopic (exact) mass is 346 g/mol. The van der Waals surface area contributed by atoms with Crippen molar-refractivity contribution in [2.45, 2.75) is 26.3 Å². The van der Waals surface area contributed by atoms with Crippen LogP contribution in [0.2, 0.25) is 0 Å². The fraction of sp³-hybridized carbons (Fsp3) is 0.238. The molecule has 5 nitrogen and oxygen atoms in total. The number of benzene rings is 2. The summed E-state index contributed by atoms with van der Waals surface area (Å²) >= 11 is 0. The number of para-hydroxylation sites is 1. The van der Waals surface area contributed by atoms with Crippen molar-refractivity contribution in [1.29, 1.82) is 0 Å². The molecule has 1 aliphatic heterocycles. The summed E-state index contributed by atoms with van der Waals surface area (Å²) in [6.45, 7) is 2.72. The first-order valence-electron chi connectivity index (χ1n) is 8.79. The van der Waals surface area contributed by atoms with Gasteiger partial charge in [0.25, 0.3) is 5.56 Å². The zero-order valence-corrected chi connectivity index (χ0v) is 14.7. The van der Waals surface area contributed by atoms with Crippen LogP contribution in [-0.4, -0.2) is 16.1 Å². The van der Waals surface area contributed by atoms with Crippen LogP contribution in [0.5, 0.6) is 5.75 Å². The minimum atomic E-state index is -0.0867. The molecule has 26 heavy (non-hydrogen) atoms. The molecule has 0 bridgehead atoms. The summed E-state index contributed by atoms with van der Waals surface area (Å²) in [5, 5.41) is 1.26. The van der Waals surface area contributed by atoms with Crippen molar-refractivity contribution >= 4 is 27.5 Å². The van der Waals surface area contributed by atoms with E-state index in [0.29, 0.717) is 22.9 Å². The number of rotatable bonds is 1. The lowest BCUT2D eigenvalue weighted by Crippen LogP contribution is -2.29. The predicted octanol–water partition coefficient (Wildman–Crippen LogP) is 3.03. The number of pyridine rings is 1. The Hall–Kier alpha value is -3.08. The van der Waals surface area contributed by atoms with Crippen molar-refractivity contribution in [1.82, 2.24) is 8.97 Å². The van der Waals surface area contributed by atoms with Gasteiger partial charge in [-0.2, -0.15) is 0 Å². The van der Waals surface area contributed by atoms with E-state index >= 15 is 0 Å². The predicted molar refractivity (Wildman–Crippen MR) is 103 cm³/mol. The molecule has 0 saturated heterocycles. The Morgan fingerprint density at radius 3 is 2.73 bits per heavy atom. The molecule has 130 valence electrons. The van der Waals surface area contributed by atoms with Gasteiger partial charge in [-0.15, -0.1) is 0 Å². The summed E-state index contributed by atoms with van der Waals surface area (Å²) in [5.74, 6) is 0.705. The molecular formula is C21H18N2O3. The van der Waals surface area contributed by atoms with E-state index in [9.17, 15) is 9.59 Å². The van der Waals surface area contributed by atoms with E-state index in [4.69, 9.17) is 4.74 Å². The number of aromatic nitrogens is 2. The first-order chi connectivity index (χ1) is 12.6. The topological polar surface area (TPSA) is 52.7 Å². The van der Waals surface area contributed by atoms with Gasteiger partial charge in [0, 0.05) is 23.6 Å². The third-order valence-corrected chi connectivity index (χ3v) is 5.46. The normalized spacial score (nSPS) is 13.6. The Morgan fingerprint density at radius 1 is 1.08 bits per heavy atom. The largest absolute Gasteiger partial charge is 0.497 e. The van der Waals surface area contributed by atoms with E-state index in [-0.39, 0.29) is 11.0 Å². The van der Waals surface area contributed by atoms with Gasteiger partial charge in [-0.25, -0.2) is 0 Å². The lowest BCUT2D eigenvalue weighted by molar-refractivity contribution is 0.415. The molecule has 5 heteroatoms. The van der Waals surface area contributed by atoms with Crippen molar-refractivity contribution in [3.63, 3.8) is 0 Å². The average molecular weight is 346 g/mol. The number of fused-ring (bicyclic) bond motifs is 4. The highest BCUT2D eigenvalue weighted by Gasteiger charge is 2.23. The number of nitrogens with zero attached hydrogens (tertiary/aromatic N) is 2. The van der Waals surface area contributed by atoms with Crippen molar-refractivity contribution in [2.75, 3.05) is 7.11 Å². The highest BCUT2D eigenvalue weighted by Crippen LogP contribution is 2.28. The summed E-state index contributed by atoms with van der Waals surface area (Å²) in [4.78, 5) is 26.5. The molecule has 2 aromatic carbocycles. The van der Waals surface area contributed by atoms with E-state index in [2.05, 4.69) is 4.57 Å². The summed E-state index contributed by atoms with van der Waals surface area (Å²) in [6.07, 6.45) is 1.57. The molecule has 0 unspecified atom stereocenters. The number of methoxy groups -OCH3 is 1. The molecule has 2 aromatic heterocycles. The zero-order chi connectivity index (χ0) is 18.0. The van der Waals surface area contributed by atoms with E-state index < -0.39 is 0 Å². The van der Waals surface area contributed by atoms with Gasteiger partial charge in [-0.1, -0.05) is 12.1 Å². The Bertz CT molecular complexity index is 1350. The molecule has 0 spiro atoms. The second-order valence-electron chi connectivity index (χ2n) is 6.88. The SMILES string of the molecule is COc1ccc2c(=O)n3c4c(C)cccc4c(=O)c4c3n(c2c1)CCC4. The zero-order valence-electron chi connectivity index (χ0n) is 14.7. The quantitative estimate of drug-likeness (QED) is 0.393. The lowest BCUT2D eigenvalue weighted by Gasteiger charge is -2.24. The van der Waals surface area contributed by atoms with E-state index in [1.54, 1.807) is 11.5 Å². The van der Waals surface area contributed by atoms with Gasteiger partial charge in [-0.05, 0) is 43.5 Å². The van der Waals surface area contributed by atoms with Crippen LogP contribution in [0.3, 0.4) is 0 Å². The maximum absolute atomic E-state index is 13.4. The molecule has 0 aliphatic carbocycles. The fourth-order valence-corrected chi connectivity index (χ4v) is 4.27. The molecule has 0 radical (unpaired) electrons. The minimum Gasteiger partial charge on any atom is -0.497 e. The van der Waals surface area contributed by atoms with Crippen LogP contribution in [0.25, 0.3) is 27.5 Å². The van der Waals surface area contributed by atoms with Gasteiger partial charge in [-0.3, -0.25) is 14.0 Å². The maximum atomic E-state index is 13.4. The lowest BCUT2D eigenvalue weighted by atomic mass is 10.0. The van der Waals surface area contributed by atoms with E-state index in [1.807, 2.05) is 43.3 Å². The molecular weight excluding hydrogens is 328 g/mol. The van der Waals surface area contributed by atoms with Crippen molar-refractivity contribution in [3.05, 3.63) is 68.1 Å². The number of aryl methyl sites for hydroxylation is 3. The van der Waals surface area contributed by atoms with Gasteiger partial charge in [0.1, 0.15) is 11.4 Å². The minimum absolute atomic E-state index is 0.0406. The van der Waals surface area contributed by atoms with Gasteiger partial charge in [0.05, 0.1) is 23.5 Å². The second-order valence-corrected chi connectivity index (χ2v) is 6.88. The Balaban J connectivity index is 2.19. The smallest absolute Gasteiger partial charge is 0.266 e. The summed E-state index contributed by atoms with van der Waals surface area (Å²) in [7, 11) is 1.61. The summed E-state index contributed by atoms with van der Waals surface area (Å²) < 4.78 is 9.20. The first-order valence-corrected chi connectivity index (χ1v) is 8.79. The van der Waals surface area contributed by atoms with Gasteiger partial charge in [0.2, 0.25) is 0 Å². The molecule has 4 aromatic rings. The van der Waals surface area contributed by atoms with Gasteiger partial charge >= 0.3 is 0 Å². The number of hydrogen-bond acceptors (Lipinski definition) is 3. The molecule has 0 saturated carbocycles. The van der Waals surface area contributed by atoms with E-state index in [0.717, 1.165) is 40.8 Å². The van der Waals surface area contributed by atoms with Crippen LogP contribution in [0.15, 0.2) is 46.0 Å². The highest BCUT2D eigenvalue weighted by molar-refractivity contribution is 5.90. The van der Waals surface area contributed by atoms with Crippen LogP contribution in [0.1, 0.15) is 17.5 Å². The van der Waals surface area contributed by atoms with Gasteiger partial charge in [0.15, 0.2) is 5.43 Å². The molecule has 0 N–H and O–H groups in total. The third-order valence-electron chi connectivity index (χ3n) is 5.46. The van der Waals surface area contributed by atoms with E-state index in [1.165, 1.54) is 0 Å². The van der Waals surface area contributed by atoms with Crippen molar-refractivity contribution in [3.8, 4) is 5.75 Å². The maximum Gasteiger partial charge on any atom is 0.266 e. The summed E-state index contributed by atoms with van der Waals surface area (Å²) in [6, 6.07) is 11.2. The molecule has 0 atom stereocenters. The van der Waals surface area contributed by atoms with Crippen LogP contribution in [0, 0.1) is 6.92 Å². The van der Waals surface area contributed by atoms with Crippen LogP contribution in [-0.2, 0) is 13.0 Å².